The number of benzene rings is 1. The molecular formula is C18H18BrN3O6S. The number of hydrogen-bond donors (Lipinski definition) is 3. The molecule has 0 atom stereocenters. The number of halogens is 1. The van der Waals surface area contributed by atoms with E-state index in [-0.39, 0.29) is 17.5 Å². The molecule has 0 aliphatic carbocycles. The lowest BCUT2D eigenvalue weighted by Gasteiger charge is -2.11. The molecule has 0 spiro atoms. The van der Waals surface area contributed by atoms with E-state index in [2.05, 4.69) is 32.1 Å². The molecule has 11 heteroatoms. The standard InChI is InChI=1S/C18H18BrN3O6S/c1-2-9-26-17(25)11-3-5-12(6-4-11)27-10-15(23)21-22-18(29)20-16(24)13-7-8-14(19)28-13/h3-8H,2,9-10H2,1H3,(H,21,23)(H2,20,22,24,29). The SMILES string of the molecule is CCCOC(=O)c1ccc(OCC(=O)NNC(=S)NC(=O)c2ccc(Br)o2)cc1. The van der Waals surface area contributed by atoms with Crippen LogP contribution in [0.2, 0.25) is 0 Å². The average Bonchev–Trinajstić information content (AvgIpc) is 3.15. The van der Waals surface area contributed by atoms with Crippen molar-refractivity contribution in [1.29, 1.82) is 0 Å². The highest BCUT2D eigenvalue weighted by atomic mass is 79.9. The van der Waals surface area contributed by atoms with Gasteiger partial charge in [-0.1, -0.05) is 6.92 Å². The van der Waals surface area contributed by atoms with Gasteiger partial charge in [-0.3, -0.25) is 25.8 Å². The lowest BCUT2D eigenvalue weighted by atomic mass is 10.2. The van der Waals surface area contributed by atoms with E-state index in [0.717, 1.165) is 6.42 Å². The zero-order chi connectivity index (χ0) is 21.2. The fraction of sp³-hybridized carbons (Fsp3) is 0.222. The third kappa shape index (κ3) is 7.54. The Morgan fingerprint density at radius 3 is 2.45 bits per heavy atom. The Morgan fingerprint density at radius 2 is 1.83 bits per heavy atom. The highest BCUT2D eigenvalue weighted by molar-refractivity contribution is 9.10. The number of hydrogen-bond acceptors (Lipinski definition) is 7. The van der Waals surface area contributed by atoms with Gasteiger partial charge in [0.1, 0.15) is 5.75 Å². The van der Waals surface area contributed by atoms with E-state index in [0.29, 0.717) is 22.6 Å². The van der Waals surface area contributed by atoms with Crippen LogP contribution in [0.15, 0.2) is 45.5 Å². The molecule has 2 rings (SSSR count). The highest BCUT2D eigenvalue weighted by Crippen LogP contribution is 2.14. The second-order valence-corrected chi connectivity index (χ2v) is 6.70. The van der Waals surface area contributed by atoms with Crippen LogP contribution in [0.3, 0.4) is 0 Å². The van der Waals surface area contributed by atoms with Gasteiger partial charge in [0.2, 0.25) is 0 Å². The second kappa shape index (κ2) is 11.2. The molecular weight excluding hydrogens is 466 g/mol. The van der Waals surface area contributed by atoms with Crippen molar-refractivity contribution >= 4 is 51.0 Å². The lowest BCUT2D eigenvalue weighted by molar-refractivity contribution is -0.123. The van der Waals surface area contributed by atoms with E-state index < -0.39 is 17.8 Å². The summed E-state index contributed by atoms with van der Waals surface area (Å²) in [4.78, 5) is 35.3. The molecule has 9 nitrogen and oxygen atoms in total. The first-order chi connectivity index (χ1) is 13.9. The van der Waals surface area contributed by atoms with Gasteiger partial charge in [0.25, 0.3) is 11.8 Å². The van der Waals surface area contributed by atoms with Crippen molar-refractivity contribution in [1.82, 2.24) is 16.2 Å². The molecule has 2 amide bonds. The minimum Gasteiger partial charge on any atom is -0.484 e. The van der Waals surface area contributed by atoms with Crippen LogP contribution in [-0.4, -0.2) is 36.1 Å². The Kier molecular flexibility index (Phi) is 8.62. The number of thiocarbonyl (C=S) groups is 1. The van der Waals surface area contributed by atoms with E-state index in [9.17, 15) is 14.4 Å². The van der Waals surface area contributed by atoms with Crippen LogP contribution >= 0.6 is 28.1 Å². The Morgan fingerprint density at radius 1 is 1.10 bits per heavy atom. The fourth-order valence-electron chi connectivity index (χ4n) is 1.91. The molecule has 0 bridgehead atoms. The van der Waals surface area contributed by atoms with Crippen LogP contribution in [0.4, 0.5) is 0 Å². The molecule has 3 N–H and O–H groups in total. The van der Waals surface area contributed by atoms with Gasteiger partial charge >= 0.3 is 5.97 Å². The first kappa shape index (κ1) is 22.4. The number of rotatable bonds is 7. The third-order valence-corrected chi connectivity index (χ3v) is 3.87. The number of nitrogens with one attached hydrogen (secondary N) is 3. The zero-order valence-electron chi connectivity index (χ0n) is 15.3. The van der Waals surface area contributed by atoms with Crippen molar-refractivity contribution in [3.63, 3.8) is 0 Å². The van der Waals surface area contributed by atoms with Crippen molar-refractivity contribution in [2.24, 2.45) is 0 Å². The Bertz CT molecular complexity index is 884. The summed E-state index contributed by atoms with van der Waals surface area (Å²) in [6, 6.07) is 9.21. The number of furan rings is 1. The van der Waals surface area contributed by atoms with Crippen LogP contribution < -0.4 is 20.9 Å². The summed E-state index contributed by atoms with van der Waals surface area (Å²) in [6.07, 6.45) is 0.740. The van der Waals surface area contributed by atoms with Gasteiger partial charge in [-0.2, -0.15) is 0 Å². The van der Waals surface area contributed by atoms with Crippen molar-refractivity contribution in [2.45, 2.75) is 13.3 Å². The molecule has 0 unspecified atom stereocenters. The quantitative estimate of drug-likeness (QED) is 0.311. The predicted octanol–water partition coefficient (Wildman–Crippen LogP) is 2.32. The molecule has 0 saturated heterocycles. The van der Waals surface area contributed by atoms with Crippen LogP contribution in [0.25, 0.3) is 0 Å². The maximum absolute atomic E-state index is 11.8. The summed E-state index contributed by atoms with van der Waals surface area (Å²) in [5, 5.41) is 2.22. The summed E-state index contributed by atoms with van der Waals surface area (Å²) in [6.45, 7) is 1.95. The van der Waals surface area contributed by atoms with E-state index in [1.807, 2.05) is 6.92 Å². The first-order valence-electron chi connectivity index (χ1n) is 8.44. The molecule has 0 saturated carbocycles. The van der Waals surface area contributed by atoms with Gasteiger partial charge in [0.05, 0.1) is 12.2 Å². The molecule has 29 heavy (non-hydrogen) atoms. The summed E-state index contributed by atoms with van der Waals surface area (Å²) in [5.41, 5.74) is 5.05. The van der Waals surface area contributed by atoms with E-state index in [4.69, 9.17) is 26.1 Å². The number of carbonyl (C=O) groups excluding carboxylic acids is 3. The normalized spacial score (nSPS) is 10.0. The second-order valence-electron chi connectivity index (χ2n) is 5.51. The predicted molar refractivity (Wildman–Crippen MR) is 110 cm³/mol. The summed E-state index contributed by atoms with van der Waals surface area (Å²) < 4.78 is 15.8. The van der Waals surface area contributed by atoms with E-state index >= 15 is 0 Å². The summed E-state index contributed by atoms with van der Waals surface area (Å²) in [5.74, 6) is -1.08. The van der Waals surface area contributed by atoms with Gasteiger partial charge in [-0.25, -0.2) is 4.79 Å². The fourth-order valence-corrected chi connectivity index (χ4v) is 2.36. The summed E-state index contributed by atoms with van der Waals surface area (Å²) >= 11 is 7.99. The summed E-state index contributed by atoms with van der Waals surface area (Å²) in [7, 11) is 0. The number of ether oxygens (including phenoxy) is 2. The largest absolute Gasteiger partial charge is 0.484 e. The van der Waals surface area contributed by atoms with Gasteiger partial charge in [-0.15, -0.1) is 0 Å². The van der Waals surface area contributed by atoms with Crippen LogP contribution in [0.1, 0.15) is 34.3 Å². The highest BCUT2D eigenvalue weighted by Gasteiger charge is 2.12. The molecule has 2 aromatic rings. The molecule has 1 aromatic carbocycles. The van der Waals surface area contributed by atoms with Crippen molar-refractivity contribution in [3.05, 3.63) is 52.4 Å². The molecule has 0 fully saturated rings. The van der Waals surface area contributed by atoms with Crippen LogP contribution in [0.5, 0.6) is 5.75 Å². The topological polar surface area (TPSA) is 119 Å². The minimum absolute atomic E-state index is 0.0534. The van der Waals surface area contributed by atoms with Crippen molar-refractivity contribution in [3.8, 4) is 5.75 Å². The molecule has 1 aromatic heterocycles. The maximum atomic E-state index is 11.8. The van der Waals surface area contributed by atoms with Gasteiger partial charge in [0, 0.05) is 0 Å². The molecule has 0 radical (unpaired) electrons. The molecule has 0 aliphatic rings. The zero-order valence-corrected chi connectivity index (χ0v) is 17.7. The Balaban J connectivity index is 1.70. The number of hydrazine groups is 1. The smallest absolute Gasteiger partial charge is 0.338 e. The van der Waals surface area contributed by atoms with Gasteiger partial charge in [-0.05, 0) is 71.0 Å². The maximum Gasteiger partial charge on any atom is 0.338 e. The van der Waals surface area contributed by atoms with Crippen LogP contribution in [0, 0.1) is 0 Å². The van der Waals surface area contributed by atoms with E-state index in [1.54, 1.807) is 30.3 Å². The molecule has 154 valence electrons. The Hall–Kier alpha value is -2.92. The average molecular weight is 484 g/mol. The van der Waals surface area contributed by atoms with Crippen LogP contribution in [-0.2, 0) is 9.53 Å². The number of carbonyl (C=O) groups is 3. The lowest BCUT2D eigenvalue weighted by Crippen LogP contribution is -2.49. The Labute approximate surface area is 180 Å². The molecule has 0 aliphatic heterocycles. The van der Waals surface area contributed by atoms with Crippen molar-refractivity contribution in [2.75, 3.05) is 13.2 Å². The third-order valence-electron chi connectivity index (χ3n) is 3.24. The van der Waals surface area contributed by atoms with Gasteiger partial charge < -0.3 is 13.9 Å². The van der Waals surface area contributed by atoms with Gasteiger partial charge in [0.15, 0.2) is 22.1 Å². The number of esters is 1. The minimum atomic E-state index is -0.573. The monoisotopic (exact) mass is 483 g/mol. The van der Waals surface area contributed by atoms with Crippen molar-refractivity contribution < 1.29 is 28.3 Å². The van der Waals surface area contributed by atoms with E-state index in [1.165, 1.54) is 6.07 Å². The number of amides is 2. The molecule has 1 heterocycles. The first-order valence-corrected chi connectivity index (χ1v) is 9.64.